The number of hydrogen-bond donors (Lipinski definition) is 3. The summed E-state index contributed by atoms with van der Waals surface area (Å²) in [5.41, 5.74) is 13.2. The second-order valence-corrected chi connectivity index (χ2v) is 7.37. The van der Waals surface area contributed by atoms with Crippen LogP contribution in [0.1, 0.15) is 4.88 Å². The number of nitrogen functional groups attached to an aromatic ring is 2. The summed E-state index contributed by atoms with van der Waals surface area (Å²) in [6.45, 7) is -0.0505. The summed E-state index contributed by atoms with van der Waals surface area (Å²) in [5.74, 6) is -0.168. The minimum atomic E-state index is -0.665. The van der Waals surface area contributed by atoms with Gasteiger partial charge in [0.2, 0.25) is 0 Å². The Morgan fingerprint density at radius 3 is 2.58 bits per heavy atom. The van der Waals surface area contributed by atoms with Gasteiger partial charge in [-0.05, 0) is 23.6 Å². The third kappa shape index (κ3) is 4.64. The van der Waals surface area contributed by atoms with Crippen molar-refractivity contribution < 1.29 is 23.8 Å². The molecule has 4 heterocycles. The lowest BCUT2D eigenvalue weighted by Gasteiger charge is -2.18. The third-order valence-electron chi connectivity index (χ3n) is 4.43. The van der Waals surface area contributed by atoms with Crippen molar-refractivity contribution >= 4 is 52.3 Å². The molecule has 0 aliphatic rings. The summed E-state index contributed by atoms with van der Waals surface area (Å²) in [6, 6.07) is 4.95. The summed E-state index contributed by atoms with van der Waals surface area (Å²) in [6.07, 6.45) is 0.953. The van der Waals surface area contributed by atoms with Crippen molar-refractivity contribution in [2.45, 2.75) is 6.54 Å². The van der Waals surface area contributed by atoms with Crippen LogP contribution < -0.4 is 16.4 Å². The van der Waals surface area contributed by atoms with E-state index in [1.165, 1.54) is 31.6 Å². The molecule has 12 nitrogen and oxygen atoms in total. The molecular formula is C19H19FN8O4S. The van der Waals surface area contributed by atoms with Gasteiger partial charge >= 0.3 is 6.09 Å². The first-order chi connectivity index (χ1) is 15.8. The number of methoxy groups -OCH3 is 1. The SMILES string of the molecule is COC(=O)N(C)c1c(N)nc(-c2nn(Cc3sccc3F)c3ncccc23)nc1N.O=CO. The molecule has 14 heteroatoms. The van der Waals surface area contributed by atoms with Gasteiger partial charge in [-0.1, -0.05) is 0 Å². The van der Waals surface area contributed by atoms with Crippen LogP contribution in [-0.4, -0.2) is 56.6 Å². The fourth-order valence-electron chi connectivity index (χ4n) is 3.03. The van der Waals surface area contributed by atoms with Gasteiger partial charge in [0.25, 0.3) is 6.47 Å². The minimum absolute atomic E-state index is 0.0127. The van der Waals surface area contributed by atoms with E-state index in [0.717, 1.165) is 4.90 Å². The van der Waals surface area contributed by atoms with Crippen LogP contribution in [0.5, 0.6) is 0 Å². The van der Waals surface area contributed by atoms with Crippen LogP contribution in [0.15, 0.2) is 29.8 Å². The average Bonchev–Trinajstić information content (AvgIpc) is 3.37. The van der Waals surface area contributed by atoms with Crippen LogP contribution in [0.4, 0.5) is 26.5 Å². The summed E-state index contributed by atoms with van der Waals surface area (Å²) in [4.78, 5) is 34.7. The first-order valence-electron chi connectivity index (χ1n) is 9.18. The number of aromatic nitrogens is 5. The lowest BCUT2D eigenvalue weighted by molar-refractivity contribution is -0.122. The molecule has 0 atom stereocenters. The number of carboxylic acid groups (broad SMARTS) is 1. The van der Waals surface area contributed by atoms with Crippen molar-refractivity contribution in [3.63, 3.8) is 0 Å². The molecule has 0 bridgehead atoms. The normalized spacial score (nSPS) is 10.4. The second kappa shape index (κ2) is 9.86. The van der Waals surface area contributed by atoms with E-state index in [1.807, 2.05) is 0 Å². The van der Waals surface area contributed by atoms with E-state index in [1.54, 1.807) is 28.4 Å². The molecule has 172 valence electrons. The van der Waals surface area contributed by atoms with E-state index < -0.39 is 6.09 Å². The fourth-order valence-corrected chi connectivity index (χ4v) is 3.76. The van der Waals surface area contributed by atoms with E-state index in [4.69, 9.17) is 21.4 Å². The Labute approximate surface area is 190 Å². The molecule has 0 unspecified atom stereocenters. The van der Waals surface area contributed by atoms with Crippen molar-refractivity contribution in [2.75, 3.05) is 30.5 Å². The maximum Gasteiger partial charge on any atom is 0.413 e. The highest BCUT2D eigenvalue weighted by Crippen LogP contribution is 2.32. The quantitative estimate of drug-likeness (QED) is 0.372. The first-order valence-corrected chi connectivity index (χ1v) is 10.1. The van der Waals surface area contributed by atoms with E-state index in [-0.39, 0.29) is 42.0 Å². The Bertz CT molecular complexity index is 1290. The average molecular weight is 474 g/mol. The Morgan fingerprint density at radius 1 is 1.33 bits per heavy atom. The number of amides is 1. The molecule has 1 amide bonds. The number of fused-ring (bicyclic) bond motifs is 1. The molecule has 0 fully saturated rings. The highest BCUT2D eigenvalue weighted by molar-refractivity contribution is 7.09. The van der Waals surface area contributed by atoms with Gasteiger partial charge in [-0.3, -0.25) is 9.69 Å². The number of anilines is 3. The Balaban J connectivity index is 0.000000968. The second-order valence-electron chi connectivity index (χ2n) is 6.37. The van der Waals surface area contributed by atoms with Gasteiger partial charge in [0.1, 0.15) is 17.2 Å². The molecule has 5 N–H and O–H groups in total. The number of ether oxygens (including phenoxy) is 1. The Kier molecular flexibility index (Phi) is 6.97. The van der Waals surface area contributed by atoms with Crippen LogP contribution in [0.25, 0.3) is 22.6 Å². The number of nitrogens with two attached hydrogens (primary N) is 2. The lowest BCUT2D eigenvalue weighted by Crippen LogP contribution is -2.28. The number of carbonyl (C=O) groups is 2. The molecule has 0 radical (unpaired) electrons. The van der Waals surface area contributed by atoms with Crippen LogP contribution in [0.2, 0.25) is 0 Å². The smallest absolute Gasteiger partial charge is 0.413 e. The zero-order chi connectivity index (χ0) is 24.1. The van der Waals surface area contributed by atoms with Crippen molar-refractivity contribution in [2.24, 2.45) is 0 Å². The molecular weight excluding hydrogens is 455 g/mol. The summed E-state index contributed by atoms with van der Waals surface area (Å²) in [7, 11) is 2.68. The molecule has 0 saturated carbocycles. The summed E-state index contributed by atoms with van der Waals surface area (Å²) >= 11 is 1.29. The lowest BCUT2D eigenvalue weighted by atomic mass is 10.2. The Morgan fingerprint density at radius 2 is 2.00 bits per heavy atom. The van der Waals surface area contributed by atoms with Crippen molar-refractivity contribution in [3.05, 3.63) is 40.5 Å². The summed E-state index contributed by atoms with van der Waals surface area (Å²) in [5, 5.41) is 13.8. The third-order valence-corrected chi connectivity index (χ3v) is 5.31. The summed E-state index contributed by atoms with van der Waals surface area (Å²) < 4.78 is 20.2. The van der Waals surface area contributed by atoms with E-state index >= 15 is 0 Å². The topological polar surface area (TPSA) is 175 Å². The number of nitrogens with zero attached hydrogens (tertiary/aromatic N) is 6. The molecule has 0 aliphatic heterocycles. The van der Waals surface area contributed by atoms with Gasteiger partial charge < -0.3 is 21.3 Å². The van der Waals surface area contributed by atoms with Gasteiger partial charge in [0.05, 0.1) is 23.9 Å². The number of halogens is 1. The van der Waals surface area contributed by atoms with Gasteiger partial charge in [0, 0.05) is 13.2 Å². The van der Waals surface area contributed by atoms with Gasteiger partial charge in [-0.15, -0.1) is 11.3 Å². The molecule has 0 aliphatic carbocycles. The first kappa shape index (κ1) is 23.3. The van der Waals surface area contributed by atoms with Crippen LogP contribution in [0.3, 0.4) is 0 Å². The number of thiophene rings is 1. The highest BCUT2D eigenvalue weighted by Gasteiger charge is 2.23. The molecule has 0 aromatic carbocycles. The molecule has 4 rings (SSSR count). The Hall–Kier alpha value is -4.33. The zero-order valence-corrected chi connectivity index (χ0v) is 18.3. The van der Waals surface area contributed by atoms with Gasteiger partial charge in [-0.2, -0.15) is 5.10 Å². The van der Waals surface area contributed by atoms with Crippen molar-refractivity contribution in [3.8, 4) is 11.5 Å². The monoisotopic (exact) mass is 474 g/mol. The van der Waals surface area contributed by atoms with Gasteiger partial charge in [-0.25, -0.2) is 28.8 Å². The maximum absolute atomic E-state index is 13.9. The van der Waals surface area contributed by atoms with Crippen LogP contribution in [-0.2, 0) is 16.1 Å². The number of pyridine rings is 1. The van der Waals surface area contributed by atoms with E-state index in [0.29, 0.717) is 21.6 Å². The molecule has 4 aromatic rings. The minimum Gasteiger partial charge on any atom is -0.483 e. The van der Waals surface area contributed by atoms with Gasteiger partial charge in [0.15, 0.2) is 23.1 Å². The predicted octanol–water partition coefficient (Wildman–Crippen LogP) is 2.20. The van der Waals surface area contributed by atoms with E-state index in [2.05, 4.69) is 24.8 Å². The van der Waals surface area contributed by atoms with E-state index in [9.17, 15) is 9.18 Å². The standard InChI is InChI=1S/C18H17FN8O2S.CH2O2/c1-26(18(28)29-2)13-14(20)23-16(24-15(13)21)12-9-4-3-6-22-17(9)27(25-12)8-11-10(19)5-7-30-11;2-1-3/h3-7H,8H2,1-2H3,(H4,20,21,23,24);1H,(H,2,3). The highest BCUT2D eigenvalue weighted by atomic mass is 32.1. The van der Waals surface area contributed by atoms with Crippen molar-refractivity contribution in [1.82, 2.24) is 24.7 Å². The van der Waals surface area contributed by atoms with Crippen LogP contribution >= 0.6 is 11.3 Å². The molecule has 0 saturated heterocycles. The molecule has 4 aromatic heterocycles. The van der Waals surface area contributed by atoms with Crippen LogP contribution in [0, 0.1) is 5.82 Å². The number of carbonyl (C=O) groups excluding carboxylic acids is 1. The number of rotatable bonds is 4. The molecule has 33 heavy (non-hydrogen) atoms. The zero-order valence-electron chi connectivity index (χ0n) is 17.5. The number of hydrogen-bond acceptors (Lipinski definition) is 10. The molecule has 0 spiro atoms. The predicted molar refractivity (Wildman–Crippen MR) is 120 cm³/mol. The van der Waals surface area contributed by atoms with Crippen molar-refractivity contribution in [1.29, 1.82) is 0 Å². The maximum atomic E-state index is 13.9. The fraction of sp³-hybridized carbons (Fsp3) is 0.158. The largest absolute Gasteiger partial charge is 0.483 e.